The second kappa shape index (κ2) is 7.97. The predicted octanol–water partition coefficient (Wildman–Crippen LogP) is 3.23. The lowest BCUT2D eigenvalue weighted by Crippen LogP contribution is -2.34. The average Bonchev–Trinajstić information content (AvgIpc) is 3.02. The highest BCUT2D eigenvalue weighted by Gasteiger charge is 2.23. The van der Waals surface area contributed by atoms with Crippen molar-refractivity contribution in [3.63, 3.8) is 0 Å². The van der Waals surface area contributed by atoms with Gasteiger partial charge in [0.2, 0.25) is 11.8 Å². The first kappa shape index (κ1) is 17.2. The zero-order valence-corrected chi connectivity index (χ0v) is 14.6. The summed E-state index contributed by atoms with van der Waals surface area (Å²) in [6, 6.07) is 18.2. The summed E-state index contributed by atoms with van der Waals surface area (Å²) < 4.78 is 0. The smallest absolute Gasteiger partial charge is 0.222 e. The number of amides is 2. The summed E-state index contributed by atoms with van der Waals surface area (Å²) in [6.07, 6.45) is 2.28. The number of hydrogen-bond acceptors (Lipinski definition) is 2. The molecule has 0 radical (unpaired) electrons. The van der Waals surface area contributed by atoms with Crippen molar-refractivity contribution in [2.45, 2.75) is 38.8 Å². The highest BCUT2D eigenvalue weighted by atomic mass is 16.2. The molecule has 130 valence electrons. The van der Waals surface area contributed by atoms with Crippen molar-refractivity contribution in [3.05, 3.63) is 71.3 Å². The van der Waals surface area contributed by atoms with Crippen LogP contribution in [0.1, 0.15) is 42.5 Å². The van der Waals surface area contributed by atoms with E-state index in [9.17, 15) is 9.59 Å². The highest BCUT2D eigenvalue weighted by Crippen LogP contribution is 2.30. The van der Waals surface area contributed by atoms with Crippen molar-refractivity contribution in [2.75, 3.05) is 6.54 Å². The third-order valence-electron chi connectivity index (χ3n) is 4.74. The Balaban J connectivity index is 1.53. The fourth-order valence-electron chi connectivity index (χ4n) is 3.36. The van der Waals surface area contributed by atoms with Crippen LogP contribution in [0.25, 0.3) is 0 Å². The van der Waals surface area contributed by atoms with Gasteiger partial charge in [0.25, 0.3) is 0 Å². The molecule has 4 nitrogen and oxygen atoms in total. The molecule has 1 aliphatic rings. The standard InChI is InChI=1S/C21H24N2O2/c1-16(24)23(15-17-7-3-2-4-8-17)14-13-21(25)22-20-12-11-18-9-5-6-10-19(18)20/h2-10,20H,11-15H2,1H3,(H,22,25)/t20-/m0/s1. The summed E-state index contributed by atoms with van der Waals surface area (Å²) in [4.78, 5) is 25.9. The Morgan fingerprint density at radius 3 is 2.56 bits per heavy atom. The van der Waals surface area contributed by atoms with E-state index >= 15 is 0 Å². The number of rotatable bonds is 6. The Labute approximate surface area is 148 Å². The van der Waals surface area contributed by atoms with Gasteiger partial charge in [-0.05, 0) is 29.5 Å². The molecule has 1 aliphatic carbocycles. The van der Waals surface area contributed by atoms with Crippen molar-refractivity contribution < 1.29 is 9.59 Å². The van der Waals surface area contributed by atoms with Crippen molar-refractivity contribution >= 4 is 11.8 Å². The zero-order valence-electron chi connectivity index (χ0n) is 14.6. The highest BCUT2D eigenvalue weighted by molar-refractivity contribution is 5.78. The first-order valence-electron chi connectivity index (χ1n) is 8.80. The average molecular weight is 336 g/mol. The van der Waals surface area contributed by atoms with Gasteiger partial charge in [-0.25, -0.2) is 0 Å². The number of hydrogen-bond donors (Lipinski definition) is 1. The summed E-state index contributed by atoms with van der Waals surface area (Å²) in [5.41, 5.74) is 3.62. The molecule has 0 saturated heterocycles. The number of nitrogens with one attached hydrogen (secondary N) is 1. The number of fused-ring (bicyclic) bond motifs is 1. The number of aryl methyl sites for hydroxylation is 1. The molecule has 25 heavy (non-hydrogen) atoms. The molecule has 0 bridgehead atoms. The van der Waals surface area contributed by atoms with Gasteiger partial charge in [0.1, 0.15) is 0 Å². The van der Waals surface area contributed by atoms with Crippen LogP contribution in [0.5, 0.6) is 0 Å². The van der Waals surface area contributed by atoms with E-state index in [0.717, 1.165) is 18.4 Å². The van der Waals surface area contributed by atoms with Crippen LogP contribution in [0.2, 0.25) is 0 Å². The maximum Gasteiger partial charge on any atom is 0.222 e. The van der Waals surface area contributed by atoms with Gasteiger partial charge >= 0.3 is 0 Å². The Morgan fingerprint density at radius 2 is 1.80 bits per heavy atom. The molecule has 0 heterocycles. The van der Waals surface area contributed by atoms with Crippen LogP contribution in [0, 0.1) is 0 Å². The van der Waals surface area contributed by atoms with E-state index in [1.807, 2.05) is 42.5 Å². The monoisotopic (exact) mass is 336 g/mol. The van der Waals surface area contributed by atoms with Gasteiger partial charge in [0.05, 0.1) is 6.04 Å². The van der Waals surface area contributed by atoms with Crippen LogP contribution in [0.3, 0.4) is 0 Å². The fraction of sp³-hybridized carbons (Fsp3) is 0.333. The lowest BCUT2D eigenvalue weighted by Gasteiger charge is -2.22. The molecule has 3 rings (SSSR count). The summed E-state index contributed by atoms with van der Waals surface area (Å²) in [7, 11) is 0. The van der Waals surface area contributed by atoms with E-state index in [1.54, 1.807) is 11.8 Å². The van der Waals surface area contributed by atoms with E-state index in [-0.39, 0.29) is 17.9 Å². The predicted molar refractivity (Wildman–Crippen MR) is 97.8 cm³/mol. The van der Waals surface area contributed by atoms with Crippen molar-refractivity contribution in [3.8, 4) is 0 Å². The van der Waals surface area contributed by atoms with Crippen molar-refractivity contribution in [1.29, 1.82) is 0 Å². The van der Waals surface area contributed by atoms with E-state index in [0.29, 0.717) is 19.5 Å². The molecule has 0 aromatic heterocycles. The topological polar surface area (TPSA) is 49.4 Å². The number of carbonyl (C=O) groups excluding carboxylic acids is 2. The summed E-state index contributed by atoms with van der Waals surface area (Å²) in [6.45, 7) is 2.52. The van der Waals surface area contributed by atoms with Crippen LogP contribution in [0.4, 0.5) is 0 Å². The fourth-order valence-corrected chi connectivity index (χ4v) is 3.36. The zero-order chi connectivity index (χ0) is 17.6. The Morgan fingerprint density at radius 1 is 1.08 bits per heavy atom. The molecule has 0 aliphatic heterocycles. The molecule has 4 heteroatoms. The van der Waals surface area contributed by atoms with E-state index in [1.165, 1.54) is 11.1 Å². The minimum absolute atomic E-state index is 0.000940. The lowest BCUT2D eigenvalue weighted by molar-refractivity contribution is -0.130. The van der Waals surface area contributed by atoms with E-state index < -0.39 is 0 Å². The molecule has 2 aromatic carbocycles. The summed E-state index contributed by atoms with van der Waals surface area (Å²) in [5, 5.41) is 3.12. The van der Waals surface area contributed by atoms with Gasteiger partial charge < -0.3 is 10.2 Å². The van der Waals surface area contributed by atoms with Gasteiger partial charge in [-0.15, -0.1) is 0 Å². The lowest BCUT2D eigenvalue weighted by atomic mass is 10.1. The third kappa shape index (κ3) is 4.47. The van der Waals surface area contributed by atoms with Crippen molar-refractivity contribution in [2.24, 2.45) is 0 Å². The molecule has 0 fully saturated rings. The third-order valence-corrected chi connectivity index (χ3v) is 4.74. The number of carbonyl (C=O) groups is 2. The Hall–Kier alpha value is -2.62. The normalized spacial score (nSPS) is 15.5. The minimum atomic E-state index is -0.0112. The molecule has 2 aromatic rings. The van der Waals surface area contributed by atoms with Crippen LogP contribution >= 0.6 is 0 Å². The van der Waals surface area contributed by atoms with Gasteiger partial charge in [-0.3, -0.25) is 9.59 Å². The molecular formula is C21H24N2O2. The van der Waals surface area contributed by atoms with Crippen LogP contribution in [-0.4, -0.2) is 23.3 Å². The minimum Gasteiger partial charge on any atom is -0.349 e. The molecular weight excluding hydrogens is 312 g/mol. The van der Waals surface area contributed by atoms with E-state index in [2.05, 4.69) is 17.4 Å². The van der Waals surface area contributed by atoms with Gasteiger partial charge in [-0.2, -0.15) is 0 Å². The second-order valence-electron chi connectivity index (χ2n) is 6.53. The first-order chi connectivity index (χ1) is 12.1. The quantitative estimate of drug-likeness (QED) is 0.880. The Bertz CT molecular complexity index is 743. The number of benzene rings is 2. The van der Waals surface area contributed by atoms with Gasteiger partial charge in [-0.1, -0.05) is 54.6 Å². The molecule has 1 N–H and O–H groups in total. The molecule has 0 unspecified atom stereocenters. The maximum absolute atomic E-state index is 12.3. The Kier molecular flexibility index (Phi) is 5.49. The maximum atomic E-state index is 12.3. The molecule has 0 saturated carbocycles. The van der Waals surface area contributed by atoms with E-state index in [4.69, 9.17) is 0 Å². The molecule has 0 spiro atoms. The van der Waals surface area contributed by atoms with Gasteiger partial charge in [0, 0.05) is 26.4 Å². The molecule has 1 atom stereocenters. The molecule has 2 amide bonds. The largest absolute Gasteiger partial charge is 0.349 e. The van der Waals surface area contributed by atoms with Crippen molar-refractivity contribution in [1.82, 2.24) is 10.2 Å². The SMILES string of the molecule is CC(=O)N(CCC(=O)N[C@H]1CCc2ccccc21)Cc1ccccc1. The van der Waals surface area contributed by atoms with Crippen LogP contribution < -0.4 is 5.32 Å². The number of nitrogens with zero attached hydrogens (tertiary/aromatic N) is 1. The second-order valence-corrected chi connectivity index (χ2v) is 6.53. The van der Waals surface area contributed by atoms with Crippen LogP contribution in [0.15, 0.2) is 54.6 Å². The summed E-state index contributed by atoms with van der Waals surface area (Å²) in [5.74, 6) is -0.0103. The van der Waals surface area contributed by atoms with Crippen LogP contribution in [-0.2, 0) is 22.6 Å². The first-order valence-corrected chi connectivity index (χ1v) is 8.80. The van der Waals surface area contributed by atoms with Gasteiger partial charge in [0.15, 0.2) is 0 Å². The summed E-state index contributed by atoms with van der Waals surface area (Å²) >= 11 is 0.